The summed E-state index contributed by atoms with van der Waals surface area (Å²) in [7, 11) is 1.60. The van der Waals surface area contributed by atoms with Gasteiger partial charge in [-0.05, 0) is 47.7 Å². The van der Waals surface area contributed by atoms with Crippen LogP contribution in [-0.4, -0.2) is 39.8 Å². The minimum Gasteiger partial charge on any atom is -0.506 e. The molecule has 0 unspecified atom stereocenters. The Bertz CT molecular complexity index is 941. The topological polar surface area (TPSA) is 78.9 Å². The van der Waals surface area contributed by atoms with Crippen molar-refractivity contribution in [1.29, 1.82) is 0 Å². The van der Waals surface area contributed by atoms with Crippen molar-refractivity contribution in [1.82, 2.24) is 4.90 Å². The van der Waals surface area contributed by atoms with Crippen molar-refractivity contribution in [3.8, 4) is 11.5 Å². The molecule has 28 heavy (non-hydrogen) atoms. The van der Waals surface area contributed by atoms with Crippen molar-refractivity contribution in [2.24, 2.45) is 0 Å². The molecule has 2 amide bonds. The number of methoxy groups -OCH3 is 1. The van der Waals surface area contributed by atoms with Crippen LogP contribution in [0.3, 0.4) is 0 Å². The molecule has 6 nitrogen and oxygen atoms in total. The van der Waals surface area contributed by atoms with Crippen LogP contribution in [0.25, 0.3) is 6.08 Å². The number of thioether (sulfide) groups is 1. The number of ether oxygens (including phenoxy) is 1. The minimum atomic E-state index is -0.310. The second-order valence-corrected chi connectivity index (χ2v) is 7.30. The van der Waals surface area contributed by atoms with E-state index in [1.54, 1.807) is 25.3 Å². The van der Waals surface area contributed by atoms with Crippen LogP contribution in [0, 0.1) is 0 Å². The molecule has 1 aliphatic heterocycles. The van der Waals surface area contributed by atoms with Crippen molar-refractivity contribution in [2.45, 2.75) is 6.42 Å². The van der Waals surface area contributed by atoms with Gasteiger partial charge in [0, 0.05) is 13.0 Å². The van der Waals surface area contributed by atoms with E-state index in [9.17, 15) is 14.7 Å². The van der Waals surface area contributed by atoms with Gasteiger partial charge in [-0.15, -0.1) is 0 Å². The second-order valence-electron chi connectivity index (χ2n) is 5.92. The number of carbonyl (C=O) groups excluding carboxylic acids is 2. The first-order valence-electron chi connectivity index (χ1n) is 8.45. The first-order chi connectivity index (χ1) is 13.5. The average molecular weight is 415 g/mol. The van der Waals surface area contributed by atoms with Gasteiger partial charge in [0.1, 0.15) is 16.5 Å². The fraction of sp³-hybridized carbons (Fsp3) is 0.150. The number of para-hydroxylation sites is 2. The number of benzene rings is 2. The quantitative estimate of drug-likeness (QED) is 0.418. The predicted octanol–water partition coefficient (Wildman–Crippen LogP) is 4.27. The Morgan fingerprint density at radius 2 is 1.96 bits per heavy atom. The van der Waals surface area contributed by atoms with Crippen LogP contribution >= 0.6 is 24.0 Å². The van der Waals surface area contributed by atoms with Gasteiger partial charge in [-0.2, -0.15) is 0 Å². The number of nitrogens with zero attached hydrogens (tertiary/aromatic N) is 1. The Morgan fingerprint density at radius 1 is 1.25 bits per heavy atom. The normalized spacial score (nSPS) is 15.2. The maximum Gasteiger partial charge on any atom is 0.291 e. The van der Waals surface area contributed by atoms with Crippen molar-refractivity contribution in [2.75, 3.05) is 19.0 Å². The molecule has 2 aromatic rings. The number of rotatable bonds is 6. The molecule has 2 N–H and O–H groups in total. The van der Waals surface area contributed by atoms with Gasteiger partial charge in [-0.3, -0.25) is 14.5 Å². The molecule has 0 spiro atoms. The Balaban J connectivity index is 1.61. The number of hydrogen-bond donors (Lipinski definition) is 2. The van der Waals surface area contributed by atoms with E-state index < -0.39 is 0 Å². The van der Waals surface area contributed by atoms with E-state index in [-0.39, 0.29) is 29.9 Å². The molecular weight excluding hydrogens is 396 g/mol. The number of amides is 2. The summed E-state index contributed by atoms with van der Waals surface area (Å²) in [5, 5.41) is 12.1. The molecule has 0 radical (unpaired) electrons. The number of aromatic hydroxyl groups is 1. The second kappa shape index (κ2) is 8.90. The maximum atomic E-state index is 12.3. The van der Waals surface area contributed by atoms with E-state index in [1.807, 2.05) is 30.3 Å². The van der Waals surface area contributed by atoms with Gasteiger partial charge in [0.15, 0.2) is 0 Å². The van der Waals surface area contributed by atoms with E-state index in [0.29, 0.717) is 15.6 Å². The highest BCUT2D eigenvalue weighted by Gasteiger charge is 2.31. The lowest BCUT2D eigenvalue weighted by molar-refractivity contribution is -0.116. The van der Waals surface area contributed by atoms with Crippen molar-refractivity contribution in [3.63, 3.8) is 0 Å². The highest BCUT2D eigenvalue weighted by Crippen LogP contribution is 2.33. The van der Waals surface area contributed by atoms with Crippen LogP contribution < -0.4 is 10.1 Å². The van der Waals surface area contributed by atoms with Crippen molar-refractivity contribution >= 4 is 51.9 Å². The molecule has 0 saturated carbocycles. The first-order valence-corrected chi connectivity index (χ1v) is 9.67. The first kappa shape index (κ1) is 19.9. The molecule has 1 saturated heterocycles. The summed E-state index contributed by atoms with van der Waals surface area (Å²) < 4.78 is 5.13. The lowest BCUT2D eigenvalue weighted by Crippen LogP contribution is -2.30. The van der Waals surface area contributed by atoms with Crippen LogP contribution in [0.5, 0.6) is 11.5 Å². The summed E-state index contributed by atoms with van der Waals surface area (Å²) in [5.74, 6) is 0.426. The monoisotopic (exact) mass is 414 g/mol. The molecule has 1 heterocycles. The number of phenols is 1. The Hall–Kier alpha value is -2.84. The number of thiocarbonyl (C=S) groups is 1. The third-order valence-electron chi connectivity index (χ3n) is 4.03. The predicted molar refractivity (Wildman–Crippen MR) is 115 cm³/mol. The third kappa shape index (κ3) is 4.71. The lowest BCUT2D eigenvalue weighted by Gasteiger charge is -2.14. The summed E-state index contributed by atoms with van der Waals surface area (Å²) in [5.41, 5.74) is 1.23. The van der Waals surface area contributed by atoms with E-state index in [0.717, 1.165) is 23.1 Å². The van der Waals surface area contributed by atoms with Crippen LogP contribution in [0.15, 0.2) is 53.4 Å². The van der Waals surface area contributed by atoms with Crippen molar-refractivity contribution < 1.29 is 19.4 Å². The molecule has 0 atom stereocenters. The van der Waals surface area contributed by atoms with Gasteiger partial charge >= 0.3 is 0 Å². The van der Waals surface area contributed by atoms with Gasteiger partial charge < -0.3 is 15.2 Å². The highest BCUT2D eigenvalue weighted by atomic mass is 32.2. The fourth-order valence-corrected chi connectivity index (χ4v) is 3.84. The molecule has 0 bridgehead atoms. The number of hydrogen-bond acceptors (Lipinski definition) is 6. The molecule has 2 aromatic carbocycles. The molecular formula is C20H18N2O4S2. The molecule has 1 fully saturated rings. The standard InChI is InChI=1S/C20H18N2O4S2/c1-26-14-8-6-13(7-9-14)12-17-19(27)22(20(25)28-17)11-10-18(24)21-15-4-2-3-5-16(15)23/h2-9,12,23H,10-11H2,1H3,(H,21,24)/b17-12-. The lowest BCUT2D eigenvalue weighted by atomic mass is 10.2. The molecule has 0 aliphatic carbocycles. The summed E-state index contributed by atoms with van der Waals surface area (Å²) in [6.07, 6.45) is 1.91. The smallest absolute Gasteiger partial charge is 0.291 e. The van der Waals surface area contributed by atoms with Gasteiger partial charge in [-0.1, -0.05) is 36.5 Å². The Morgan fingerprint density at radius 3 is 2.64 bits per heavy atom. The number of nitrogens with one attached hydrogen (secondary N) is 1. The van der Waals surface area contributed by atoms with Gasteiger partial charge in [0.2, 0.25) is 5.91 Å². The van der Waals surface area contributed by atoms with E-state index >= 15 is 0 Å². The van der Waals surface area contributed by atoms with E-state index in [1.165, 1.54) is 11.0 Å². The van der Waals surface area contributed by atoms with Gasteiger partial charge in [-0.25, -0.2) is 0 Å². The molecule has 0 aromatic heterocycles. The fourth-order valence-electron chi connectivity index (χ4n) is 2.55. The summed E-state index contributed by atoms with van der Waals surface area (Å²) in [4.78, 5) is 26.9. The summed E-state index contributed by atoms with van der Waals surface area (Å²) >= 11 is 6.46. The number of anilines is 1. The highest BCUT2D eigenvalue weighted by molar-refractivity contribution is 8.19. The maximum absolute atomic E-state index is 12.3. The van der Waals surface area contributed by atoms with E-state index in [4.69, 9.17) is 17.0 Å². The Labute approximate surface area is 172 Å². The Kier molecular flexibility index (Phi) is 6.33. The summed E-state index contributed by atoms with van der Waals surface area (Å²) in [6.45, 7) is 0.171. The van der Waals surface area contributed by atoms with Crippen LogP contribution in [-0.2, 0) is 4.79 Å². The zero-order chi connectivity index (χ0) is 20.1. The molecule has 8 heteroatoms. The van der Waals surface area contributed by atoms with Crippen LogP contribution in [0.1, 0.15) is 12.0 Å². The van der Waals surface area contributed by atoms with Crippen LogP contribution in [0.2, 0.25) is 0 Å². The van der Waals surface area contributed by atoms with Crippen LogP contribution in [0.4, 0.5) is 10.5 Å². The number of carbonyl (C=O) groups is 2. The number of phenolic OH excluding ortho intramolecular Hbond substituents is 1. The third-order valence-corrected chi connectivity index (χ3v) is 5.52. The largest absolute Gasteiger partial charge is 0.506 e. The minimum absolute atomic E-state index is 0.0103. The molecule has 1 aliphatic rings. The van der Waals surface area contributed by atoms with Gasteiger partial charge in [0.25, 0.3) is 5.24 Å². The van der Waals surface area contributed by atoms with Crippen molar-refractivity contribution in [3.05, 3.63) is 59.0 Å². The SMILES string of the molecule is COc1ccc(/C=C2\SC(=O)N(CCC(=O)Nc3ccccc3O)C2=S)cc1. The van der Waals surface area contributed by atoms with E-state index in [2.05, 4.69) is 5.32 Å². The summed E-state index contributed by atoms with van der Waals surface area (Å²) in [6, 6.07) is 13.9. The zero-order valence-electron chi connectivity index (χ0n) is 15.0. The molecule has 3 rings (SSSR count). The average Bonchev–Trinajstić information content (AvgIpc) is 2.95. The molecule has 144 valence electrons. The zero-order valence-corrected chi connectivity index (χ0v) is 16.7. The van der Waals surface area contributed by atoms with Gasteiger partial charge in [0.05, 0.1) is 17.7 Å².